The highest BCUT2D eigenvalue weighted by Crippen LogP contribution is 2.30. The quantitative estimate of drug-likeness (QED) is 0.681. The van der Waals surface area contributed by atoms with Gasteiger partial charge >= 0.3 is 5.97 Å². The first-order valence-electron chi connectivity index (χ1n) is 7.87. The fourth-order valence-corrected chi connectivity index (χ4v) is 4.54. The van der Waals surface area contributed by atoms with Gasteiger partial charge in [0.25, 0.3) is 0 Å². The first-order chi connectivity index (χ1) is 11.6. The number of benzene rings is 1. The molecule has 0 saturated carbocycles. The van der Waals surface area contributed by atoms with Crippen LogP contribution < -0.4 is 0 Å². The van der Waals surface area contributed by atoms with E-state index in [4.69, 9.17) is 4.74 Å². The summed E-state index contributed by atoms with van der Waals surface area (Å²) in [6.45, 7) is 7.40. The molecule has 0 N–H and O–H groups in total. The minimum absolute atomic E-state index is 0.0218. The van der Waals surface area contributed by atoms with Crippen LogP contribution >= 0.6 is 15.9 Å². The maximum atomic E-state index is 12.5. The maximum absolute atomic E-state index is 12.5. The van der Waals surface area contributed by atoms with Gasteiger partial charge in [0.1, 0.15) is 5.56 Å². The lowest BCUT2D eigenvalue weighted by Crippen LogP contribution is -2.15. The highest BCUT2D eigenvalue weighted by molar-refractivity contribution is 9.10. The molecular weight excluding hydrogens is 408 g/mol. The fraction of sp³-hybridized carbons (Fsp3) is 0.412. The molecule has 2 rings (SSSR count). The molecule has 6 nitrogen and oxygen atoms in total. The van der Waals surface area contributed by atoms with E-state index in [9.17, 15) is 13.2 Å². The number of ether oxygens (including phenoxy) is 1. The van der Waals surface area contributed by atoms with Crippen molar-refractivity contribution in [2.45, 2.75) is 39.1 Å². The third-order valence-corrected chi connectivity index (χ3v) is 5.29. The van der Waals surface area contributed by atoms with E-state index >= 15 is 0 Å². The van der Waals surface area contributed by atoms with Crippen LogP contribution in [0.2, 0.25) is 0 Å². The van der Waals surface area contributed by atoms with Gasteiger partial charge in [0.05, 0.1) is 18.0 Å². The highest BCUT2D eigenvalue weighted by atomic mass is 79.9. The summed E-state index contributed by atoms with van der Waals surface area (Å²) in [6, 6.07) is 3.76. The first-order valence-corrected chi connectivity index (χ1v) is 10.6. The van der Waals surface area contributed by atoms with E-state index in [1.807, 2.05) is 32.9 Å². The van der Waals surface area contributed by atoms with Crippen molar-refractivity contribution in [2.75, 3.05) is 12.9 Å². The molecule has 0 bridgehead atoms. The molecule has 2 aromatic rings. The van der Waals surface area contributed by atoms with Crippen molar-refractivity contribution in [3.05, 3.63) is 39.0 Å². The standard InChI is InChI=1S/C17H21BrN2O4S/c1-6-13-14(17(21)24-7-2)16(25(5,22)23)20(19-13)15-10(3)8-12(18)9-11(15)4/h8-9H,6-7H2,1-5H3. The zero-order valence-electron chi connectivity index (χ0n) is 14.9. The smallest absolute Gasteiger partial charge is 0.343 e. The number of hydrogen-bond acceptors (Lipinski definition) is 5. The third-order valence-electron chi connectivity index (χ3n) is 3.75. The largest absolute Gasteiger partial charge is 0.462 e. The molecule has 136 valence electrons. The Morgan fingerprint density at radius 1 is 1.24 bits per heavy atom. The van der Waals surface area contributed by atoms with Gasteiger partial charge in [0, 0.05) is 10.7 Å². The normalized spacial score (nSPS) is 11.6. The van der Waals surface area contributed by atoms with Crippen LogP contribution in [0.3, 0.4) is 0 Å². The average molecular weight is 429 g/mol. The summed E-state index contributed by atoms with van der Waals surface area (Å²) < 4.78 is 32.3. The Bertz CT molecular complexity index is 909. The van der Waals surface area contributed by atoms with Gasteiger partial charge in [0.2, 0.25) is 0 Å². The van der Waals surface area contributed by atoms with E-state index in [0.717, 1.165) is 21.9 Å². The van der Waals surface area contributed by atoms with E-state index in [2.05, 4.69) is 21.0 Å². The lowest BCUT2D eigenvalue weighted by molar-refractivity contribution is 0.0520. The zero-order valence-corrected chi connectivity index (χ0v) is 17.3. The van der Waals surface area contributed by atoms with Crippen LogP contribution in [0.15, 0.2) is 21.6 Å². The van der Waals surface area contributed by atoms with Gasteiger partial charge in [-0.2, -0.15) is 5.10 Å². The number of carbonyl (C=O) groups excluding carboxylic acids is 1. The Balaban J connectivity index is 2.92. The fourth-order valence-electron chi connectivity index (χ4n) is 2.83. The first kappa shape index (κ1) is 19.7. The van der Waals surface area contributed by atoms with Crippen molar-refractivity contribution < 1.29 is 17.9 Å². The van der Waals surface area contributed by atoms with Crippen molar-refractivity contribution in [1.29, 1.82) is 0 Å². The van der Waals surface area contributed by atoms with E-state index in [0.29, 0.717) is 17.8 Å². The second-order valence-electron chi connectivity index (χ2n) is 5.77. The molecule has 0 amide bonds. The molecule has 0 spiro atoms. The number of esters is 1. The summed E-state index contributed by atoms with van der Waals surface area (Å²) in [6.07, 6.45) is 1.49. The molecule has 25 heavy (non-hydrogen) atoms. The van der Waals surface area contributed by atoms with Crippen LogP contribution in [-0.2, 0) is 21.0 Å². The number of nitrogens with zero attached hydrogens (tertiary/aromatic N) is 2. The van der Waals surface area contributed by atoms with Crippen LogP contribution in [-0.4, -0.2) is 37.0 Å². The predicted octanol–water partition coefficient (Wildman–Crippen LogP) is 3.39. The SMILES string of the molecule is CCOC(=O)c1c(CC)nn(-c2c(C)cc(Br)cc2C)c1S(C)(=O)=O. The Morgan fingerprint density at radius 3 is 2.24 bits per heavy atom. The summed E-state index contributed by atoms with van der Waals surface area (Å²) in [5, 5.41) is 4.31. The monoisotopic (exact) mass is 428 g/mol. The van der Waals surface area contributed by atoms with Crippen molar-refractivity contribution >= 4 is 31.7 Å². The average Bonchev–Trinajstić information content (AvgIpc) is 2.85. The molecule has 0 unspecified atom stereocenters. The second kappa shape index (κ2) is 7.29. The number of aromatic nitrogens is 2. The zero-order chi connectivity index (χ0) is 18.9. The van der Waals surface area contributed by atoms with Gasteiger partial charge in [-0.3, -0.25) is 0 Å². The molecule has 0 atom stereocenters. The van der Waals surface area contributed by atoms with Crippen LogP contribution in [0, 0.1) is 13.8 Å². The number of halogens is 1. The number of aryl methyl sites for hydroxylation is 3. The Labute approximate surface area is 156 Å². The maximum Gasteiger partial charge on any atom is 0.343 e. The topological polar surface area (TPSA) is 78.3 Å². The molecule has 1 aromatic carbocycles. The van der Waals surface area contributed by atoms with Gasteiger partial charge in [-0.1, -0.05) is 22.9 Å². The van der Waals surface area contributed by atoms with Crippen LogP contribution in [0.25, 0.3) is 5.69 Å². The van der Waals surface area contributed by atoms with Crippen LogP contribution in [0.1, 0.15) is 41.0 Å². The summed E-state index contributed by atoms with van der Waals surface area (Å²) in [5.41, 5.74) is 2.76. The molecule has 0 aliphatic rings. The Morgan fingerprint density at radius 2 is 1.80 bits per heavy atom. The molecule has 0 aliphatic carbocycles. The van der Waals surface area contributed by atoms with Crippen LogP contribution in [0.5, 0.6) is 0 Å². The summed E-state index contributed by atoms with van der Waals surface area (Å²) in [5.74, 6) is -0.668. The van der Waals surface area contributed by atoms with Crippen molar-refractivity contribution in [3.8, 4) is 5.69 Å². The molecule has 0 saturated heterocycles. The van der Waals surface area contributed by atoms with E-state index < -0.39 is 15.8 Å². The number of hydrogen-bond donors (Lipinski definition) is 0. The van der Waals surface area contributed by atoms with Gasteiger partial charge < -0.3 is 4.74 Å². The summed E-state index contributed by atoms with van der Waals surface area (Å²) in [4.78, 5) is 12.4. The van der Waals surface area contributed by atoms with E-state index in [1.54, 1.807) is 6.92 Å². The lowest BCUT2D eigenvalue weighted by atomic mass is 10.1. The number of rotatable bonds is 5. The lowest BCUT2D eigenvalue weighted by Gasteiger charge is -2.13. The minimum Gasteiger partial charge on any atom is -0.462 e. The Hall–Kier alpha value is -1.67. The molecule has 0 fully saturated rings. The second-order valence-corrected chi connectivity index (χ2v) is 8.62. The highest BCUT2D eigenvalue weighted by Gasteiger charge is 2.31. The van der Waals surface area contributed by atoms with Crippen molar-refractivity contribution in [1.82, 2.24) is 9.78 Å². The molecule has 0 aliphatic heterocycles. The summed E-state index contributed by atoms with van der Waals surface area (Å²) in [7, 11) is -3.72. The minimum atomic E-state index is -3.72. The summed E-state index contributed by atoms with van der Waals surface area (Å²) >= 11 is 3.43. The molecule has 1 heterocycles. The van der Waals surface area contributed by atoms with Crippen LogP contribution in [0.4, 0.5) is 0 Å². The van der Waals surface area contributed by atoms with Gasteiger partial charge in [0.15, 0.2) is 14.9 Å². The van der Waals surface area contributed by atoms with Crippen molar-refractivity contribution in [3.63, 3.8) is 0 Å². The van der Waals surface area contributed by atoms with E-state index in [-0.39, 0.29) is 17.2 Å². The Kier molecular flexibility index (Phi) is 5.73. The molecule has 1 aromatic heterocycles. The molecule has 0 radical (unpaired) electrons. The van der Waals surface area contributed by atoms with E-state index in [1.165, 1.54) is 4.68 Å². The molecular formula is C17H21BrN2O4S. The van der Waals surface area contributed by atoms with Gasteiger partial charge in [-0.05, 0) is 50.5 Å². The predicted molar refractivity (Wildman–Crippen MR) is 99.2 cm³/mol. The van der Waals surface area contributed by atoms with Gasteiger partial charge in [-0.15, -0.1) is 0 Å². The molecule has 8 heteroatoms. The van der Waals surface area contributed by atoms with Gasteiger partial charge in [-0.25, -0.2) is 17.9 Å². The number of carbonyl (C=O) groups is 1. The number of sulfone groups is 1. The van der Waals surface area contributed by atoms with Crippen molar-refractivity contribution in [2.24, 2.45) is 0 Å². The third kappa shape index (κ3) is 3.79.